The van der Waals surface area contributed by atoms with Crippen LogP contribution < -0.4 is 0 Å². The zero-order valence-corrected chi connectivity index (χ0v) is 12.1. The minimum atomic E-state index is -0.319. The van der Waals surface area contributed by atoms with Gasteiger partial charge in [0.25, 0.3) is 0 Å². The molecule has 0 bridgehead atoms. The molecule has 0 spiro atoms. The molecule has 1 amide bonds. The van der Waals surface area contributed by atoms with Crippen LogP contribution in [0.1, 0.15) is 52.4 Å². The standard InChI is InChI=1S/C15H25NO3/c1-3-5-12-9-13(12)19-14(18)16-8-7-15(10-16,11-17)6-4-2/h11-13H,3-10H2,1-2H3. The number of nitrogens with zero attached hydrogens (tertiary/aromatic N) is 1. The van der Waals surface area contributed by atoms with Crippen LogP contribution in [-0.2, 0) is 9.53 Å². The smallest absolute Gasteiger partial charge is 0.410 e. The lowest BCUT2D eigenvalue weighted by Crippen LogP contribution is -2.34. The number of carbonyl (C=O) groups is 2. The number of hydrogen-bond donors (Lipinski definition) is 0. The predicted molar refractivity (Wildman–Crippen MR) is 72.9 cm³/mol. The average molecular weight is 267 g/mol. The van der Waals surface area contributed by atoms with E-state index in [9.17, 15) is 9.59 Å². The van der Waals surface area contributed by atoms with Gasteiger partial charge in [-0.3, -0.25) is 0 Å². The van der Waals surface area contributed by atoms with Crippen LogP contribution in [0.25, 0.3) is 0 Å². The molecule has 4 heteroatoms. The van der Waals surface area contributed by atoms with Gasteiger partial charge in [0, 0.05) is 18.5 Å². The Morgan fingerprint density at radius 1 is 1.42 bits per heavy atom. The largest absolute Gasteiger partial charge is 0.446 e. The van der Waals surface area contributed by atoms with Crippen LogP contribution in [0.15, 0.2) is 0 Å². The molecule has 19 heavy (non-hydrogen) atoms. The van der Waals surface area contributed by atoms with Crippen molar-refractivity contribution in [1.82, 2.24) is 4.90 Å². The van der Waals surface area contributed by atoms with Crippen LogP contribution in [0, 0.1) is 11.3 Å². The summed E-state index contributed by atoms with van der Waals surface area (Å²) in [6.07, 6.45) is 6.88. The van der Waals surface area contributed by atoms with Crippen molar-refractivity contribution >= 4 is 12.4 Å². The Balaban J connectivity index is 1.80. The number of carbonyl (C=O) groups excluding carboxylic acids is 2. The van der Waals surface area contributed by atoms with Gasteiger partial charge in [0.2, 0.25) is 0 Å². The number of amides is 1. The van der Waals surface area contributed by atoms with E-state index in [0.717, 1.165) is 44.8 Å². The van der Waals surface area contributed by atoms with Gasteiger partial charge in [-0.1, -0.05) is 26.7 Å². The van der Waals surface area contributed by atoms with Gasteiger partial charge in [-0.2, -0.15) is 0 Å². The maximum Gasteiger partial charge on any atom is 0.410 e. The van der Waals surface area contributed by atoms with Crippen molar-refractivity contribution in [1.29, 1.82) is 0 Å². The van der Waals surface area contributed by atoms with E-state index in [2.05, 4.69) is 13.8 Å². The average Bonchev–Trinajstić information content (AvgIpc) is 2.97. The van der Waals surface area contributed by atoms with Gasteiger partial charge >= 0.3 is 6.09 Å². The molecule has 1 aliphatic carbocycles. The van der Waals surface area contributed by atoms with E-state index >= 15 is 0 Å². The SMILES string of the molecule is CCCC1CC1OC(=O)N1CCC(C=O)(CCC)C1. The van der Waals surface area contributed by atoms with E-state index in [1.165, 1.54) is 0 Å². The zero-order chi connectivity index (χ0) is 13.9. The first-order valence-corrected chi connectivity index (χ1v) is 7.56. The number of aldehydes is 1. The lowest BCUT2D eigenvalue weighted by atomic mass is 9.84. The molecule has 2 fully saturated rings. The summed E-state index contributed by atoms with van der Waals surface area (Å²) in [4.78, 5) is 25.0. The Hall–Kier alpha value is -1.06. The van der Waals surface area contributed by atoms with Gasteiger partial charge in [-0.15, -0.1) is 0 Å². The van der Waals surface area contributed by atoms with Crippen LogP contribution >= 0.6 is 0 Å². The van der Waals surface area contributed by atoms with Crippen molar-refractivity contribution in [3.05, 3.63) is 0 Å². The van der Waals surface area contributed by atoms with Crippen LogP contribution in [0.4, 0.5) is 4.79 Å². The lowest BCUT2D eigenvalue weighted by Gasteiger charge is -2.22. The minimum Gasteiger partial charge on any atom is -0.446 e. The second kappa shape index (κ2) is 5.93. The number of ether oxygens (including phenoxy) is 1. The summed E-state index contributed by atoms with van der Waals surface area (Å²) in [7, 11) is 0. The van der Waals surface area contributed by atoms with E-state index in [0.29, 0.717) is 19.0 Å². The van der Waals surface area contributed by atoms with Crippen molar-refractivity contribution in [2.24, 2.45) is 11.3 Å². The molecule has 0 radical (unpaired) electrons. The van der Waals surface area contributed by atoms with Crippen LogP contribution in [0.5, 0.6) is 0 Å². The summed E-state index contributed by atoms with van der Waals surface area (Å²) in [5, 5.41) is 0. The van der Waals surface area contributed by atoms with Crippen molar-refractivity contribution in [3.8, 4) is 0 Å². The topological polar surface area (TPSA) is 46.6 Å². The second-order valence-corrected chi connectivity index (χ2v) is 6.11. The first kappa shape index (κ1) is 14.4. The molecule has 2 rings (SSSR count). The van der Waals surface area contributed by atoms with Gasteiger partial charge < -0.3 is 14.4 Å². The van der Waals surface area contributed by atoms with Gasteiger partial charge in [0.1, 0.15) is 12.4 Å². The fraction of sp³-hybridized carbons (Fsp3) is 0.867. The van der Waals surface area contributed by atoms with Crippen LogP contribution in [-0.4, -0.2) is 36.5 Å². The van der Waals surface area contributed by atoms with E-state index in [-0.39, 0.29) is 17.6 Å². The monoisotopic (exact) mass is 267 g/mol. The molecule has 2 aliphatic rings. The van der Waals surface area contributed by atoms with Crippen LogP contribution in [0.3, 0.4) is 0 Å². The molecule has 3 atom stereocenters. The van der Waals surface area contributed by atoms with Crippen molar-refractivity contribution in [2.45, 2.75) is 58.5 Å². The summed E-state index contributed by atoms with van der Waals surface area (Å²) in [5.74, 6) is 0.572. The highest BCUT2D eigenvalue weighted by Gasteiger charge is 2.44. The number of likely N-dealkylation sites (tertiary alicyclic amines) is 1. The highest BCUT2D eigenvalue weighted by molar-refractivity contribution is 5.71. The molecular weight excluding hydrogens is 242 g/mol. The Morgan fingerprint density at radius 3 is 2.84 bits per heavy atom. The summed E-state index contributed by atoms with van der Waals surface area (Å²) in [6, 6.07) is 0. The number of rotatable bonds is 6. The van der Waals surface area contributed by atoms with E-state index in [1.54, 1.807) is 4.90 Å². The first-order valence-electron chi connectivity index (χ1n) is 7.56. The normalized spacial score (nSPS) is 33.3. The lowest BCUT2D eigenvalue weighted by molar-refractivity contribution is -0.115. The zero-order valence-electron chi connectivity index (χ0n) is 12.1. The molecule has 4 nitrogen and oxygen atoms in total. The van der Waals surface area contributed by atoms with Gasteiger partial charge in [0.05, 0.1) is 0 Å². The molecule has 1 aliphatic heterocycles. The molecule has 0 aromatic rings. The Morgan fingerprint density at radius 2 is 2.21 bits per heavy atom. The van der Waals surface area contributed by atoms with Crippen molar-refractivity contribution < 1.29 is 14.3 Å². The Kier molecular flexibility index (Phi) is 4.48. The number of hydrogen-bond acceptors (Lipinski definition) is 3. The molecule has 1 saturated carbocycles. The highest BCUT2D eigenvalue weighted by atomic mass is 16.6. The van der Waals surface area contributed by atoms with E-state index < -0.39 is 0 Å². The van der Waals surface area contributed by atoms with Crippen LogP contribution in [0.2, 0.25) is 0 Å². The molecular formula is C15H25NO3. The van der Waals surface area contributed by atoms with Crippen molar-refractivity contribution in [3.63, 3.8) is 0 Å². The first-order chi connectivity index (χ1) is 9.14. The minimum absolute atomic E-state index is 0.129. The molecule has 0 aromatic carbocycles. The molecule has 1 heterocycles. The van der Waals surface area contributed by atoms with Gasteiger partial charge in [-0.25, -0.2) is 4.79 Å². The fourth-order valence-corrected chi connectivity index (χ4v) is 3.15. The summed E-state index contributed by atoms with van der Waals surface area (Å²) in [6.45, 7) is 5.42. The summed E-state index contributed by atoms with van der Waals surface area (Å²) in [5.41, 5.74) is -0.319. The van der Waals surface area contributed by atoms with E-state index in [1.807, 2.05) is 0 Å². The third kappa shape index (κ3) is 3.28. The molecule has 0 aromatic heterocycles. The summed E-state index contributed by atoms with van der Waals surface area (Å²) >= 11 is 0. The predicted octanol–water partition coefficient (Wildman–Crippen LogP) is 3.00. The molecule has 3 unspecified atom stereocenters. The quantitative estimate of drug-likeness (QED) is 0.695. The summed E-state index contributed by atoms with van der Waals surface area (Å²) < 4.78 is 5.50. The Labute approximate surface area is 115 Å². The molecule has 108 valence electrons. The molecule has 1 saturated heterocycles. The Bertz CT molecular complexity index is 344. The third-order valence-corrected chi connectivity index (χ3v) is 4.41. The maximum absolute atomic E-state index is 12.0. The van der Waals surface area contributed by atoms with Crippen molar-refractivity contribution in [2.75, 3.05) is 13.1 Å². The van der Waals surface area contributed by atoms with E-state index in [4.69, 9.17) is 4.74 Å². The third-order valence-electron chi connectivity index (χ3n) is 4.41. The highest BCUT2D eigenvalue weighted by Crippen LogP contribution is 2.39. The van der Waals surface area contributed by atoms with Gasteiger partial charge in [-0.05, 0) is 31.6 Å². The second-order valence-electron chi connectivity index (χ2n) is 6.11. The maximum atomic E-state index is 12.0. The fourth-order valence-electron chi connectivity index (χ4n) is 3.15. The molecule has 0 N–H and O–H groups in total. The van der Waals surface area contributed by atoms with Gasteiger partial charge in [0.15, 0.2) is 0 Å².